The molecule has 3 aromatic rings. The highest BCUT2D eigenvalue weighted by molar-refractivity contribution is 7.99. The van der Waals surface area contributed by atoms with Gasteiger partial charge >= 0.3 is 5.97 Å². The summed E-state index contributed by atoms with van der Waals surface area (Å²) in [4.78, 5) is 15.4. The van der Waals surface area contributed by atoms with Gasteiger partial charge in [-0.15, -0.1) is 0 Å². The third-order valence-electron chi connectivity index (χ3n) is 3.65. The van der Waals surface area contributed by atoms with Crippen LogP contribution >= 0.6 is 11.8 Å². The minimum absolute atomic E-state index is 0.0573. The Bertz CT molecular complexity index is 1120. The van der Waals surface area contributed by atoms with Crippen molar-refractivity contribution in [3.05, 3.63) is 53.7 Å². The molecule has 0 aliphatic carbocycles. The van der Waals surface area contributed by atoms with Gasteiger partial charge in [-0.1, -0.05) is 17.8 Å². The van der Waals surface area contributed by atoms with Crippen LogP contribution in [0.15, 0.2) is 51.1 Å². The summed E-state index contributed by atoms with van der Waals surface area (Å²) in [5.41, 5.74) is 0.445. The molecule has 0 atom stereocenters. The van der Waals surface area contributed by atoms with Crippen molar-refractivity contribution in [3.8, 4) is 0 Å². The van der Waals surface area contributed by atoms with Gasteiger partial charge in [0, 0.05) is 28.1 Å². The Kier molecular flexibility index (Phi) is 4.76. The second-order valence-corrected chi connectivity index (χ2v) is 8.55. The highest BCUT2D eigenvalue weighted by atomic mass is 32.2. The largest absolute Gasteiger partial charge is 0.464 e. The van der Waals surface area contributed by atoms with Crippen molar-refractivity contribution < 1.29 is 26.7 Å². The summed E-state index contributed by atoms with van der Waals surface area (Å²) in [6, 6.07) is 7.44. The summed E-state index contributed by atoms with van der Waals surface area (Å²) in [6.45, 7) is 0. The van der Waals surface area contributed by atoms with Crippen molar-refractivity contribution in [2.24, 2.45) is 0 Å². The number of halogens is 2. The van der Waals surface area contributed by atoms with Gasteiger partial charge in [0.2, 0.25) is 0 Å². The lowest BCUT2D eigenvalue weighted by Gasteiger charge is -2.05. The normalized spacial score (nSPS) is 11.7. The van der Waals surface area contributed by atoms with Gasteiger partial charge in [0.05, 0.1) is 16.9 Å². The number of aromatic amines is 1. The first kappa shape index (κ1) is 18.4. The number of H-pyrrole nitrogens is 1. The van der Waals surface area contributed by atoms with Crippen LogP contribution in [0.2, 0.25) is 0 Å². The van der Waals surface area contributed by atoms with E-state index in [0.717, 1.165) is 30.2 Å². The monoisotopic (exact) mass is 397 g/mol. The second kappa shape index (κ2) is 6.73. The highest BCUT2D eigenvalue weighted by Crippen LogP contribution is 2.38. The van der Waals surface area contributed by atoms with E-state index in [2.05, 4.69) is 4.98 Å². The molecule has 0 saturated heterocycles. The Morgan fingerprint density at radius 2 is 1.88 bits per heavy atom. The molecule has 0 amide bonds. The van der Waals surface area contributed by atoms with Crippen LogP contribution in [-0.2, 0) is 14.6 Å². The number of hydrogen-bond donors (Lipinski definition) is 1. The zero-order chi connectivity index (χ0) is 19.1. The zero-order valence-electron chi connectivity index (χ0n) is 13.7. The van der Waals surface area contributed by atoms with Gasteiger partial charge in [-0.05, 0) is 24.3 Å². The van der Waals surface area contributed by atoms with Crippen molar-refractivity contribution in [2.75, 3.05) is 13.4 Å². The molecule has 0 saturated carbocycles. The van der Waals surface area contributed by atoms with Crippen LogP contribution in [0.25, 0.3) is 10.9 Å². The first-order chi connectivity index (χ1) is 12.2. The fourth-order valence-corrected chi connectivity index (χ4v) is 4.09. The predicted octanol–water partition coefficient (Wildman–Crippen LogP) is 3.79. The zero-order valence-corrected chi connectivity index (χ0v) is 15.3. The number of aromatic nitrogens is 1. The maximum absolute atomic E-state index is 14.0. The second-order valence-electron chi connectivity index (χ2n) is 5.48. The van der Waals surface area contributed by atoms with Gasteiger partial charge in [-0.3, -0.25) is 0 Å². The predicted molar refractivity (Wildman–Crippen MR) is 93.2 cm³/mol. The molecule has 26 heavy (non-hydrogen) atoms. The number of nitrogens with one attached hydrogen (secondary N) is 1. The Morgan fingerprint density at radius 1 is 1.15 bits per heavy atom. The van der Waals surface area contributed by atoms with Crippen molar-refractivity contribution in [1.82, 2.24) is 4.98 Å². The van der Waals surface area contributed by atoms with E-state index in [4.69, 9.17) is 4.74 Å². The number of sulfone groups is 1. The molecule has 1 N–H and O–H groups in total. The summed E-state index contributed by atoms with van der Waals surface area (Å²) in [7, 11) is -2.24. The number of ether oxygens (including phenoxy) is 1. The lowest BCUT2D eigenvalue weighted by molar-refractivity contribution is 0.0591. The number of carbonyl (C=O) groups excluding carboxylic acids is 1. The average molecular weight is 397 g/mol. The van der Waals surface area contributed by atoms with E-state index in [1.54, 1.807) is 0 Å². The fourth-order valence-electron chi connectivity index (χ4n) is 2.40. The summed E-state index contributed by atoms with van der Waals surface area (Å²) in [5.74, 6) is -2.17. The number of esters is 1. The molecule has 0 bridgehead atoms. The average Bonchev–Trinajstić information content (AvgIpc) is 2.93. The number of hydrogen-bond acceptors (Lipinski definition) is 5. The molecule has 0 radical (unpaired) electrons. The summed E-state index contributed by atoms with van der Waals surface area (Å²) < 4.78 is 55.3. The minimum atomic E-state index is -3.44. The van der Waals surface area contributed by atoms with Gasteiger partial charge in [0.25, 0.3) is 0 Å². The number of benzene rings is 2. The molecular weight excluding hydrogens is 384 g/mol. The van der Waals surface area contributed by atoms with E-state index >= 15 is 0 Å². The molecule has 0 fully saturated rings. The van der Waals surface area contributed by atoms with Gasteiger partial charge in [-0.2, -0.15) is 0 Å². The third kappa shape index (κ3) is 3.45. The molecule has 2 aromatic carbocycles. The van der Waals surface area contributed by atoms with Gasteiger partial charge in [0.1, 0.15) is 17.3 Å². The molecule has 136 valence electrons. The van der Waals surface area contributed by atoms with Crippen molar-refractivity contribution in [2.45, 2.75) is 14.7 Å². The van der Waals surface area contributed by atoms with Crippen LogP contribution in [0.5, 0.6) is 0 Å². The molecule has 0 aliphatic rings. The maximum atomic E-state index is 14.0. The van der Waals surface area contributed by atoms with Crippen LogP contribution < -0.4 is 0 Å². The van der Waals surface area contributed by atoms with Crippen molar-refractivity contribution >= 4 is 38.5 Å². The quantitative estimate of drug-likeness (QED) is 0.678. The van der Waals surface area contributed by atoms with E-state index in [9.17, 15) is 22.0 Å². The summed E-state index contributed by atoms with van der Waals surface area (Å²) in [5, 5.41) is 0.520. The SMILES string of the molecule is COC(=O)c1[nH]c2cc(S(C)(=O)=O)ccc2c1Sc1ccc(F)cc1F. The number of methoxy groups -OCH3 is 1. The first-order valence-corrected chi connectivity index (χ1v) is 9.98. The van der Waals surface area contributed by atoms with Crippen LogP contribution in [0, 0.1) is 11.6 Å². The number of carbonyl (C=O) groups is 1. The summed E-state index contributed by atoms with van der Waals surface area (Å²) in [6.07, 6.45) is 1.07. The molecule has 1 aromatic heterocycles. The van der Waals surface area contributed by atoms with Crippen LogP contribution in [0.1, 0.15) is 10.5 Å². The Labute approximate surface area is 152 Å². The summed E-state index contributed by atoms with van der Waals surface area (Å²) >= 11 is 0.920. The number of fused-ring (bicyclic) bond motifs is 1. The standard InChI is InChI=1S/C17H13F2NO4S2/c1-24-17(21)15-16(25-14-6-3-9(18)7-12(14)19)11-5-4-10(26(2,22)23)8-13(11)20-15/h3-8,20H,1-2H3. The lowest BCUT2D eigenvalue weighted by Crippen LogP contribution is -2.03. The molecule has 0 unspecified atom stereocenters. The first-order valence-electron chi connectivity index (χ1n) is 7.27. The lowest BCUT2D eigenvalue weighted by atomic mass is 10.2. The fraction of sp³-hybridized carbons (Fsp3) is 0.118. The smallest absolute Gasteiger partial charge is 0.355 e. The molecule has 0 aliphatic heterocycles. The van der Waals surface area contributed by atoms with Crippen molar-refractivity contribution in [1.29, 1.82) is 0 Å². The third-order valence-corrected chi connectivity index (χ3v) is 5.94. The van der Waals surface area contributed by atoms with Crippen LogP contribution in [0.4, 0.5) is 8.78 Å². The van der Waals surface area contributed by atoms with Gasteiger partial charge < -0.3 is 9.72 Å². The van der Waals surface area contributed by atoms with E-state index in [1.165, 1.54) is 31.4 Å². The molecular formula is C17H13F2NO4S2. The highest BCUT2D eigenvalue weighted by Gasteiger charge is 2.22. The number of rotatable bonds is 4. The molecule has 3 rings (SSSR count). The van der Waals surface area contributed by atoms with Gasteiger partial charge in [-0.25, -0.2) is 22.0 Å². The molecule has 1 heterocycles. The van der Waals surface area contributed by atoms with E-state index in [-0.39, 0.29) is 15.5 Å². The molecule has 0 spiro atoms. The van der Waals surface area contributed by atoms with Gasteiger partial charge in [0.15, 0.2) is 9.84 Å². The Balaban J connectivity index is 2.19. The van der Waals surface area contributed by atoms with E-state index < -0.39 is 27.4 Å². The Hall–Kier alpha value is -2.39. The van der Waals surface area contributed by atoms with Crippen LogP contribution in [-0.4, -0.2) is 32.7 Å². The Morgan fingerprint density at radius 3 is 2.50 bits per heavy atom. The van der Waals surface area contributed by atoms with Crippen LogP contribution in [0.3, 0.4) is 0 Å². The molecule has 9 heteroatoms. The van der Waals surface area contributed by atoms with Crippen molar-refractivity contribution in [3.63, 3.8) is 0 Å². The van der Waals surface area contributed by atoms with E-state index in [1.807, 2.05) is 0 Å². The van der Waals surface area contributed by atoms with E-state index in [0.29, 0.717) is 15.8 Å². The maximum Gasteiger partial charge on any atom is 0.355 e. The minimum Gasteiger partial charge on any atom is -0.464 e. The molecule has 5 nitrogen and oxygen atoms in total. The topological polar surface area (TPSA) is 76.2 Å².